The number of carboxylic acid groups (broad SMARTS) is 1. The molecule has 0 radical (unpaired) electrons. The number of hydrogen-bond donors (Lipinski definition) is 1. The lowest BCUT2D eigenvalue weighted by Crippen LogP contribution is -2.29. The molecule has 2 rings (SSSR count). The third kappa shape index (κ3) is 2.78. The summed E-state index contributed by atoms with van der Waals surface area (Å²) < 4.78 is 0. The van der Waals surface area contributed by atoms with Crippen LogP contribution < -0.4 is 0 Å². The molecule has 0 heterocycles. The number of carboxylic acids is 1. The first-order chi connectivity index (χ1) is 7.66. The SMILES string of the molecule is CC1CCC(C2CCCC(C(=O)O)C2)CC1. The van der Waals surface area contributed by atoms with Crippen LogP contribution in [0, 0.1) is 23.7 Å². The smallest absolute Gasteiger partial charge is 0.306 e. The highest BCUT2D eigenvalue weighted by molar-refractivity contribution is 5.70. The molecule has 2 aliphatic carbocycles. The van der Waals surface area contributed by atoms with Gasteiger partial charge in [0, 0.05) is 0 Å². The molecule has 2 nitrogen and oxygen atoms in total. The van der Waals surface area contributed by atoms with Crippen molar-refractivity contribution in [3.05, 3.63) is 0 Å². The van der Waals surface area contributed by atoms with Gasteiger partial charge in [-0.05, 0) is 43.4 Å². The molecular formula is C14H24O2. The van der Waals surface area contributed by atoms with Crippen LogP contribution in [0.15, 0.2) is 0 Å². The Labute approximate surface area is 98.4 Å². The third-order valence-corrected chi connectivity index (χ3v) is 4.79. The molecule has 2 unspecified atom stereocenters. The molecular weight excluding hydrogens is 200 g/mol. The molecule has 0 saturated heterocycles. The maximum atomic E-state index is 11.0. The van der Waals surface area contributed by atoms with Crippen molar-refractivity contribution in [1.29, 1.82) is 0 Å². The standard InChI is InChI=1S/C14H24O2/c1-10-5-7-11(8-6-10)12-3-2-4-13(9-12)14(15)16/h10-13H,2-9H2,1H3,(H,15,16). The zero-order chi connectivity index (χ0) is 11.5. The van der Waals surface area contributed by atoms with Crippen molar-refractivity contribution < 1.29 is 9.90 Å². The molecule has 2 saturated carbocycles. The minimum atomic E-state index is -0.561. The summed E-state index contributed by atoms with van der Waals surface area (Å²) in [4.78, 5) is 11.0. The summed E-state index contributed by atoms with van der Waals surface area (Å²) in [6.07, 6.45) is 9.69. The fourth-order valence-electron chi connectivity index (χ4n) is 3.64. The number of hydrogen-bond acceptors (Lipinski definition) is 1. The van der Waals surface area contributed by atoms with Crippen molar-refractivity contribution in [3.63, 3.8) is 0 Å². The molecule has 92 valence electrons. The van der Waals surface area contributed by atoms with E-state index in [4.69, 9.17) is 5.11 Å². The van der Waals surface area contributed by atoms with Crippen LogP contribution in [0.5, 0.6) is 0 Å². The molecule has 2 atom stereocenters. The zero-order valence-corrected chi connectivity index (χ0v) is 10.3. The molecule has 0 amide bonds. The van der Waals surface area contributed by atoms with E-state index < -0.39 is 5.97 Å². The van der Waals surface area contributed by atoms with Crippen molar-refractivity contribution in [2.24, 2.45) is 23.7 Å². The summed E-state index contributed by atoms with van der Waals surface area (Å²) in [6.45, 7) is 2.34. The van der Waals surface area contributed by atoms with Crippen molar-refractivity contribution in [2.75, 3.05) is 0 Å². The van der Waals surface area contributed by atoms with Crippen LogP contribution in [-0.2, 0) is 4.79 Å². The van der Waals surface area contributed by atoms with E-state index in [1.807, 2.05) is 0 Å². The minimum absolute atomic E-state index is 0.0434. The van der Waals surface area contributed by atoms with Crippen molar-refractivity contribution in [2.45, 2.75) is 58.3 Å². The van der Waals surface area contributed by atoms with E-state index in [9.17, 15) is 4.79 Å². The summed E-state index contributed by atoms with van der Waals surface area (Å²) in [7, 11) is 0. The lowest BCUT2D eigenvalue weighted by Gasteiger charge is -2.36. The average molecular weight is 224 g/mol. The number of rotatable bonds is 2. The van der Waals surface area contributed by atoms with Gasteiger partial charge in [-0.3, -0.25) is 4.79 Å². The van der Waals surface area contributed by atoms with E-state index in [0.717, 1.165) is 31.1 Å². The van der Waals surface area contributed by atoms with E-state index in [2.05, 4.69) is 6.92 Å². The molecule has 0 spiro atoms. The Kier molecular flexibility index (Phi) is 3.88. The van der Waals surface area contributed by atoms with Gasteiger partial charge < -0.3 is 5.11 Å². The second-order valence-electron chi connectivity index (χ2n) is 5.98. The molecule has 2 heteroatoms. The van der Waals surface area contributed by atoms with Crippen molar-refractivity contribution >= 4 is 5.97 Å². The average Bonchev–Trinajstić information content (AvgIpc) is 2.30. The maximum absolute atomic E-state index is 11.0. The quantitative estimate of drug-likeness (QED) is 0.776. The topological polar surface area (TPSA) is 37.3 Å². The van der Waals surface area contributed by atoms with Gasteiger partial charge in [0.1, 0.15) is 0 Å². The maximum Gasteiger partial charge on any atom is 0.306 e. The largest absolute Gasteiger partial charge is 0.481 e. The first-order valence-corrected chi connectivity index (χ1v) is 6.89. The monoisotopic (exact) mass is 224 g/mol. The van der Waals surface area contributed by atoms with E-state index in [1.54, 1.807) is 0 Å². The van der Waals surface area contributed by atoms with Gasteiger partial charge in [0.2, 0.25) is 0 Å². The molecule has 0 aromatic carbocycles. The summed E-state index contributed by atoms with van der Waals surface area (Å²) in [5, 5.41) is 9.10. The molecule has 0 aliphatic heterocycles. The minimum Gasteiger partial charge on any atom is -0.481 e. The summed E-state index contributed by atoms with van der Waals surface area (Å²) in [5.41, 5.74) is 0. The van der Waals surface area contributed by atoms with E-state index in [1.165, 1.54) is 32.1 Å². The van der Waals surface area contributed by atoms with Gasteiger partial charge >= 0.3 is 5.97 Å². The lowest BCUT2D eigenvalue weighted by molar-refractivity contribution is -0.143. The summed E-state index contributed by atoms with van der Waals surface area (Å²) in [5.74, 6) is 1.84. The van der Waals surface area contributed by atoms with Gasteiger partial charge in [0.25, 0.3) is 0 Å². The van der Waals surface area contributed by atoms with Crippen molar-refractivity contribution in [1.82, 2.24) is 0 Å². The molecule has 1 N–H and O–H groups in total. The fraction of sp³-hybridized carbons (Fsp3) is 0.929. The molecule has 2 fully saturated rings. The van der Waals surface area contributed by atoms with Crippen LogP contribution in [0.25, 0.3) is 0 Å². The molecule has 0 aromatic rings. The molecule has 0 aromatic heterocycles. The zero-order valence-electron chi connectivity index (χ0n) is 10.3. The van der Waals surface area contributed by atoms with Gasteiger partial charge in [-0.2, -0.15) is 0 Å². The van der Waals surface area contributed by atoms with Gasteiger partial charge in [0.05, 0.1) is 5.92 Å². The highest BCUT2D eigenvalue weighted by Gasteiger charge is 2.32. The van der Waals surface area contributed by atoms with Gasteiger partial charge in [-0.15, -0.1) is 0 Å². The Balaban J connectivity index is 1.87. The predicted octanol–water partition coefficient (Wildman–Crippen LogP) is 3.70. The first kappa shape index (κ1) is 11.9. The molecule has 0 bridgehead atoms. The summed E-state index contributed by atoms with van der Waals surface area (Å²) in [6, 6.07) is 0. The van der Waals surface area contributed by atoms with Crippen LogP contribution in [0.4, 0.5) is 0 Å². The first-order valence-electron chi connectivity index (χ1n) is 6.89. The fourth-order valence-corrected chi connectivity index (χ4v) is 3.64. The van der Waals surface area contributed by atoms with Crippen molar-refractivity contribution in [3.8, 4) is 0 Å². The highest BCUT2D eigenvalue weighted by Crippen LogP contribution is 2.41. The number of aliphatic carboxylic acids is 1. The summed E-state index contributed by atoms with van der Waals surface area (Å²) >= 11 is 0. The van der Waals surface area contributed by atoms with Crippen LogP contribution in [-0.4, -0.2) is 11.1 Å². The van der Waals surface area contributed by atoms with Gasteiger partial charge in [-0.25, -0.2) is 0 Å². The Hall–Kier alpha value is -0.530. The van der Waals surface area contributed by atoms with Crippen LogP contribution >= 0.6 is 0 Å². The van der Waals surface area contributed by atoms with Gasteiger partial charge in [0.15, 0.2) is 0 Å². The second-order valence-corrected chi connectivity index (χ2v) is 5.98. The Morgan fingerprint density at radius 3 is 2.31 bits per heavy atom. The van der Waals surface area contributed by atoms with Crippen LogP contribution in [0.2, 0.25) is 0 Å². The van der Waals surface area contributed by atoms with E-state index >= 15 is 0 Å². The van der Waals surface area contributed by atoms with Crippen LogP contribution in [0.1, 0.15) is 58.3 Å². The molecule has 2 aliphatic rings. The van der Waals surface area contributed by atoms with Gasteiger partial charge in [-0.1, -0.05) is 32.6 Å². The predicted molar refractivity (Wildman–Crippen MR) is 64.2 cm³/mol. The lowest BCUT2D eigenvalue weighted by atomic mass is 9.69. The normalized spacial score (nSPS) is 40.6. The van der Waals surface area contributed by atoms with Crippen LogP contribution in [0.3, 0.4) is 0 Å². The second kappa shape index (κ2) is 5.20. The Morgan fingerprint density at radius 1 is 1.00 bits per heavy atom. The number of carbonyl (C=O) groups is 1. The third-order valence-electron chi connectivity index (χ3n) is 4.79. The Bertz CT molecular complexity index is 241. The van der Waals surface area contributed by atoms with E-state index in [-0.39, 0.29) is 5.92 Å². The highest BCUT2D eigenvalue weighted by atomic mass is 16.4. The van der Waals surface area contributed by atoms with E-state index in [0.29, 0.717) is 5.92 Å². The molecule has 16 heavy (non-hydrogen) atoms. The Morgan fingerprint density at radius 2 is 1.69 bits per heavy atom.